The zero-order valence-electron chi connectivity index (χ0n) is 16.5. The van der Waals surface area contributed by atoms with Gasteiger partial charge in [0.2, 0.25) is 10.0 Å². The van der Waals surface area contributed by atoms with Crippen molar-refractivity contribution in [1.29, 1.82) is 0 Å². The summed E-state index contributed by atoms with van der Waals surface area (Å²) in [7, 11) is -3.89. The molecule has 0 saturated carbocycles. The van der Waals surface area contributed by atoms with Crippen molar-refractivity contribution in [1.82, 2.24) is 14.7 Å². The smallest absolute Gasteiger partial charge is 0.244 e. The summed E-state index contributed by atoms with van der Waals surface area (Å²) in [5.41, 5.74) is 0.390. The minimum absolute atomic E-state index is 0.0243. The lowest BCUT2D eigenvalue weighted by Gasteiger charge is -2.30. The standard InChI is InChI=1S/C19H24Cl2N4O3S/c1-13-10-25(11-19(2,3)12-28-13)18-17(6-15(21)8-23-18)29(26,27)24-9-16-5-4-14(20)7-22-16/h4-8,13,24H,9-12H2,1-3H3. The molecule has 0 aromatic carbocycles. The average Bonchev–Trinajstić information content (AvgIpc) is 2.79. The summed E-state index contributed by atoms with van der Waals surface area (Å²) in [4.78, 5) is 10.5. The third-order valence-corrected chi connectivity index (χ3v) is 6.31. The second kappa shape index (κ2) is 8.73. The van der Waals surface area contributed by atoms with E-state index in [9.17, 15) is 8.42 Å². The number of ether oxygens (including phenoxy) is 1. The number of halogens is 2. The second-order valence-electron chi connectivity index (χ2n) is 7.93. The van der Waals surface area contributed by atoms with Crippen molar-refractivity contribution in [2.45, 2.75) is 38.3 Å². The molecule has 1 aliphatic rings. The molecule has 3 rings (SSSR count). The molecule has 0 aliphatic carbocycles. The van der Waals surface area contributed by atoms with E-state index >= 15 is 0 Å². The van der Waals surface area contributed by atoms with Crippen molar-refractivity contribution in [3.63, 3.8) is 0 Å². The molecule has 158 valence electrons. The number of nitrogens with one attached hydrogen (secondary N) is 1. The summed E-state index contributed by atoms with van der Waals surface area (Å²) in [5, 5.41) is 0.732. The van der Waals surface area contributed by atoms with E-state index in [2.05, 4.69) is 28.5 Å². The van der Waals surface area contributed by atoms with Crippen LogP contribution in [0.1, 0.15) is 26.5 Å². The molecule has 3 heterocycles. The SMILES string of the molecule is CC1CN(c2ncc(Cl)cc2S(=O)(=O)NCc2ccc(Cl)cn2)CC(C)(C)CO1. The molecule has 2 aromatic rings. The largest absolute Gasteiger partial charge is 0.376 e. The van der Waals surface area contributed by atoms with Gasteiger partial charge in [0.25, 0.3) is 0 Å². The van der Waals surface area contributed by atoms with Crippen LogP contribution in [0.4, 0.5) is 5.82 Å². The molecule has 0 amide bonds. The lowest BCUT2D eigenvalue weighted by molar-refractivity contribution is 0.0371. The zero-order valence-corrected chi connectivity index (χ0v) is 18.9. The van der Waals surface area contributed by atoms with E-state index in [0.29, 0.717) is 36.2 Å². The van der Waals surface area contributed by atoms with Gasteiger partial charge in [-0.1, -0.05) is 37.0 Å². The minimum atomic E-state index is -3.89. The van der Waals surface area contributed by atoms with Gasteiger partial charge in [-0.15, -0.1) is 0 Å². The van der Waals surface area contributed by atoms with Gasteiger partial charge in [0.1, 0.15) is 10.7 Å². The van der Waals surface area contributed by atoms with Crippen LogP contribution in [-0.4, -0.2) is 44.2 Å². The summed E-state index contributed by atoms with van der Waals surface area (Å²) in [5.74, 6) is 0.358. The van der Waals surface area contributed by atoms with Crippen LogP contribution in [-0.2, 0) is 21.3 Å². The molecule has 1 fully saturated rings. The normalized spacial score (nSPS) is 19.8. The Morgan fingerprint density at radius 2 is 1.97 bits per heavy atom. The number of pyridine rings is 2. The Kier molecular flexibility index (Phi) is 6.70. The minimum Gasteiger partial charge on any atom is -0.376 e. The van der Waals surface area contributed by atoms with Crippen molar-refractivity contribution in [3.05, 3.63) is 46.3 Å². The van der Waals surface area contributed by atoms with E-state index in [0.717, 1.165) is 0 Å². The molecule has 1 saturated heterocycles. The van der Waals surface area contributed by atoms with Crippen LogP contribution in [0.2, 0.25) is 10.0 Å². The molecule has 2 aromatic heterocycles. The van der Waals surface area contributed by atoms with Crippen LogP contribution in [0, 0.1) is 5.41 Å². The van der Waals surface area contributed by atoms with E-state index < -0.39 is 10.0 Å². The first kappa shape index (κ1) is 22.2. The molecular weight excluding hydrogens is 435 g/mol. The van der Waals surface area contributed by atoms with Gasteiger partial charge in [0, 0.05) is 30.9 Å². The van der Waals surface area contributed by atoms with Crippen LogP contribution in [0.15, 0.2) is 35.5 Å². The van der Waals surface area contributed by atoms with E-state index in [1.54, 1.807) is 12.1 Å². The Morgan fingerprint density at radius 1 is 1.24 bits per heavy atom. The Balaban J connectivity index is 1.91. The summed E-state index contributed by atoms with van der Waals surface area (Å²) in [6, 6.07) is 4.74. The van der Waals surface area contributed by atoms with E-state index in [1.165, 1.54) is 18.5 Å². The number of nitrogens with zero attached hydrogens (tertiary/aromatic N) is 3. The lowest BCUT2D eigenvalue weighted by atomic mass is 9.94. The van der Waals surface area contributed by atoms with Crippen molar-refractivity contribution < 1.29 is 13.2 Å². The predicted octanol–water partition coefficient (Wildman–Crippen LogP) is 3.51. The van der Waals surface area contributed by atoms with Crippen molar-refractivity contribution in [3.8, 4) is 0 Å². The highest BCUT2D eigenvalue weighted by Crippen LogP contribution is 2.31. The van der Waals surface area contributed by atoms with E-state index in [4.69, 9.17) is 27.9 Å². The molecule has 1 unspecified atom stereocenters. The summed E-state index contributed by atoms with van der Waals surface area (Å²) in [6.07, 6.45) is 2.87. The Bertz CT molecular complexity index is 968. The highest BCUT2D eigenvalue weighted by Gasteiger charge is 2.32. The average molecular weight is 459 g/mol. The van der Waals surface area contributed by atoms with Gasteiger partial charge in [-0.25, -0.2) is 18.1 Å². The Morgan fingerprint density at radius 3 is 2.66 bits per heavy atom. The van der Waals surface area contributed by atoms with Crippen molar-refractivity contribution in [2.24, 2.45) is 5.41 Å². The van der Waals surface area contributed by atoms with Gasteiger partial charge < -0.3 is 9.64 Å². The van der Waals surface area contributed by atoms with Crippen LogP contribution in [0.3, 0.4) is 0 Å². The molecular formula is C19H24Cl2N4O3S. The van der Waals surface area contributed by atoms with Crippen molar-refractivity contribution in [2.75, 3.05) is 24.6 Å². The highest BCUT2D eigenvalue weighted by molar-refractivity contribution is 7.89. The first-order chi connectivity index (χ1) is 13.6. The number of sulfonamides is 1. The topological polar surface area (TPSA) is 84.4 Å². The molecule has 1 aliphatic heterocycles. The highest BCUT2D eigenvalue weighted by atomic mass is 35.5. The predicted molar refractivity (Wildman–Crippen MR) is 114 cm³/mol. The number of rotatable bonds is 5. The van der Waals surface area contributed by atoms with Gasteiger partial charge in [0.15, 0.2) is 0 Å². The summed E-state index contributed by atoms with van der Waals surface area (Å²) < 4.78 is 34.6. The molecule has 29 heavy (non-hydrogen) atoms. The third kappa shape index (κ3) is 5.79. The molecule has 0 bridgehead atoms. The van der Waals surface area contributed by atoms with Crippen LogP contribution < -0.4 is 9.62 Å². The summed E-state index contributed by atoms with van der Waals surface area (Å²) in [6.45, 7) is 7.85. The van der Waals surface area contributed by atoms with Crippen LogP contribution >= 0.6 is 23.2 Å². The second-order valence-corrected chi connectivity index (χ2v) is 10.5. The lowest BCUT2D eigenvalue weighted by Crippen LogP contribution is -2.37. The fraction of sp³-hybridized carbons (Fsp3) is 0.474. The molecule has 10 heteroatoms. The maximum atomic E-state index is 13.1. The monoisotopic (exact) mass is 458 g/mol. The molecule has 0 radical (unpaired) electrons. The van der Waals surface area contributed by atoms with Gasteiger partial charge in [-0.2, -0.15) is 0 Å². The first-order valence-electron chi connectivity index (χ1n) is 9.18. The van der Waals surface area contributed by atoms with Gasteiger partial charge in [-0.05, 0) is 25.1 Å². The number of hydrogen-bond donors (Lipinski definition) is 1. The number of anilines is 1. The van der Waals surface area contributed by atoms with Crippen LogP contribution in [0.5, 0.6) is 0 Å². The quantitative estimate of drug-likeness (QED) is 0.737. The Labute approximate surface area is 181 Å². The fourth-order valence-corrected chi connectivity index (χ4v) is 4.66. The molecule has 1 atom stereocenters. The van der Waals surface area contributed by atoms with Gasteiger partial charge in [0.05, 0.1) is 35.0 Å². The van der Waals surface area contributed by atoms with Crippen LogP contribution in [0.25, 0.3) is 0 Å². The van der Waals surface area contributed by atoms with Crippen molar-refractivity contribution >= 4 is 39.0 Å². The van der Waals surface area contributed by atoms with Gasteiger partial charge in [-0.3, -0.25) is 4.98 Å². The van der Waals surface area contributed by atoms with E-state index in [-0.39, 0.29) is 28.0 Å². The fourth-order valence-electron chi connectivity index (χ4n) is 3.13. The number of hydrogen-bond acceptors (Lipinski definition) is 6. The first-order valence-corrected chi connectivity index (χ1v) is 11.4. The zero-order chi connectivity index (χ0) is 21.2. The Hall–Kier alpha value is -1.45. The molecule has 1 N–H and O–H groups in total. The third-order valence-electron chi connectivity index (χ3n) is 4.48. The maximum Gasteiger partial charge on any atom is 0.244 e. The molecule has 0 spiro atoms. The molecule has 7 nitrogen and oxygen atoms in total. The van der Waals surface area contributed by atoms with Gasteiger partial charge >= 0.3 is 0 Å². The summed E-state index contributed by atoms with van der Waals surface area (Å²) >= 11 is 11.9. The van der Waals surface area contributed by atoms with E-state index in [1.807, 2.05) is 11.8 Å². The number of aromatic nitrogens is 2. The maximum absolute atomic E-state index is 13.1.